The van der Waals surface area contributed by atoms with Gasteiger partial charge in [0.15, 0.2) is 0 Å². The Morgan fingerprint density at radius 3 is 2.48 bits per heavy atom. The summed E-state index contributed by atoms with van der Waals surface area (Å²) in [5.74, 6) is -0.876. The Labute approximate surface area is 122 Å². The van der Waals surface area contributed by atoms with Crippen molar-refractivity contribution in [2.24, 2.45) is 5.73 Å². The molecule has 0 aliphatic heterocycles. The van der Waals surface area contributed by atoms with E-state index in [2.05, 4.69) is 5.32 Å². The number of anilines is 1. The largest absolute Gasteiger partial charge is 0.508 e. The standard InChI is InChI=1S/C16H17FN2O2/c1-2-16(15(18)21,11-6-8-14(20)9-7-11)19-13-5-3-4-12(17)10-13/h3-10,19-20H,2H2,1H3,(H2,18,21). The van der Waals surface area contributed by atoms with Crippen molar-refractivity contribution < 1.29 is 14.3 Å². The van der Waals surface area contributed by atoms with Gasteiger partial charge in [-0.2, -0.15) is 0 Å². The minimum absolute atomic E-state index is 0.0963. The van der Waals surface area contributed by atoms with E-state index in [1.54, 1.807) is 24.3 Å². The van der Waals surface area contributed by atoms with Crippen molar-refractivity contribution in [3.63, 3.8) is 0 Å². The number of benzene rings is 2. The Kier molecular flexibility index (Phi) is 4.12. The smallest absolute Gasteiger partial charge is 0.247 e. The first-order valence-electron chi connectivity index (χ1n) is 6.61. The lowest BCUT2D eigenvalue weighted by Crippen LogP contribution is -2.47. The molecule has 0 bridgehead atoms. The van der Waals surface area contributed by atoms with Crippen molar-refractivity contribution in [2.75, 3.05) is 5.32 Å². The van der Waals surface area contributed by atoms with Gasteiger partial charge in [0.25, 0.3) is 0 Å². The number of hydrogen-bond acceptors (Lipinski definition) is 3. The van der Waals surface area contributed by atoms with Gasteiger partial charge < -0.3 is 16.2 Å². The lowest BCUT2D eigenvalue weighted by molar-refractivity contribution is -0.122. The quantitative estimate of drug-likeness (QED) is 0.792. The van der Waals surface area contributed by atoms with E-state index in [9.17, 15) is 14.3 Å². The van der Waals surface area contributed by atoms with Gasteiger partial charge in [0, 0.05) is 5.69 Å². The van der Waals surface area contributed by atoms with Crippen molar-refractivity contribution >= 4 is 11.6 Å². The van der Waals surface area contributed by atoms with E-state index >= 15 is 0 Å². The fourth-order valence-corrected chi connectivity index (χ4v) is 2.30. The molecule has 4 nitrogen and oxygen atoms in total. The van der Waals surface area contributed by atoms with Crippen molar-refractivity contribution in [2.45, 2.75) is 18.9 Å². The molecule has 4 N–H and O–H groups in total. The van der Waals surface area contributed by atoms with Crippen molar-refractivity contribution in [3.8, 4) is 5.75 Å². The summed E-state index contributed by atoms with van der Waals surface area (Å²) in [5, 5.41) is 12.4. The monoisotopic (exact) mass is 288 g/mol. The molecule has 0 aliphatic carbocycles. The van der Waals surface area contributed by atoms with Crippen LogP contribution in [0, 0.1) is 5.82 Å². The lowest BCUT2D eigenvalue weighted by atomic mass is 9.86. The van der Waals surface area contributed by atoms with Gasteiger partial charge in [-0.05, 0) is 42.3 Å². The first kappa shape index (κ1) is 14.8. The zero-order valence-electron chi connectivity index (χ0n) is 11.6. The van der Waals surface area contributed by atoms with Gasteiger partial charge in [-0.3, -0.25) is 4.79 Å². The molecule has 0 heterocycles. The van der Waals surface area contributed by atoms with Gasteiger partial charge in [-0.25, -0.2) is 4.39 Å². The molecule has 0 saturated heterocycles. The molecule has 0 saturated carbocycles. The van der Waals surface area contributed by atoms with Crippen molar-refractivity contribution in [1.82, 2.24) is 0 Å². The summed E-state index contributed by atoms with van der Waals surface area (Å²) in [6, 6.07) is 12.0. The fraction of sp³-hybridized carbons (Fsp3) is 0.188. The molecule has 0 fully saturated rings. The van der Waals surface area contributed by atoms with Crippen LogP contribution in [0.3, 0.4) is 0 Å². The summed E-state index contributed by atoms with van der Waals surface area (Å²) < 4.78 is 13.3. The number of carbonyl (C=O) groups is 1. The minimum Gasteiger partial charge on any atom is -0.508 e. The van der Waals surface area contributed by atoms with Crippen LogP contribution in [0.25, 0.3) is 0 Å². The molecular formula is C16H17FN2O2. The Balaban J connectivity index is 2.46. The number of primary amides is 1. The Bertz CT molecular complexity index is 643. The molecule has 110 valence electrons. The van der Waals surface area contributed by atoms with Crippen molar-refractivity contribution in [1.29, 1.82) is 0 Å². The number of halogens is 1. The molecular weight excluding hydrogens is 271 g/mol. The fourth-order valence-electron chi connectivity index (χ4n) is 2.30. The van der Waals surface area contributed by atoms with E-state index in [1.807, 2.05) is 6.92 Å². The van der Waals surface area contributed by atoms with Crippen LogP contribution in [0.5, 0.6) is 5.75 Å². The maximum atomic E-state index is 13.3. The Morgan fingerprint density at radius 1 is 1.29 bits per heavy atom. The van der Waals surface area contributed by atoms with Crippen LogP contribution in [0.15, 0.2) is 48.5 Å². The SMILES string of the molecule is CCC(Nc1cccc(F)c1)(C(N)=O)c1ccc(O)cc1. The first-order chi connectivity index (χ1) is 9.98. The Hall–Kier alpha value is -2.56. The maximum absolute atomic E-state index is 13.3. The van der Waals surface area contributed by atoms with Crippen LogP contribution in [-0.2, 0) is 10.3 Å². The number of aromatic hydroxyl groups is 1. The van der Waals surface area contributed by atoms with E-state index in [0.717, 1.165) is 0 Å². The summed E-state index contributed by atoms with van der Waals surface area (Å²) in [6.07, 6.45) is 0.379. The van der Waals surface area contributed by atoms with Gasteiger partial charge in [-0.15, -0.1) is 0 Å². The minimum atomic E-state index is -1.17. The molecule has 21 heavy (non-hydrogen) atoms. The molecule has 2 aromatic carbocycles. The zero-order chi connectivity index (χ0) is 15.5. The number of nitrogens with one attached hydrogen (secondary N) is 1. The second-order valence-corrected chi connectivity index (χ2v) is 4.81. The average molecular weight is 288 g/mol. The van der Waals surface area contributed by atoms with Crippen LogP contribution in [0.4, 0.5) is 10.1 Å². The zero-order valence-corrected chi connectivity index (χ0v) is 11.6. The van der Waals surface area contributed by atoms with Gasteiger partial charge in [-0.1, -0.05) is 25.1 Å². The molecule has 1 atom stereocenters. The normalized spacial score (nSPS) is 13.4. The third kappa shape index (κ3) is 2.97. The van der Waals surface area contributed by atoms with Crippen LogP contribution in [0.1, 0.15) is 18.9 Å². The topological polar surface area (TPSA) is 75.3 Å². The van der Waals surface area contributed by atoms with Gasteiger partial charge in [0.2, 0.25) is 5.91 Å². The van der Waals surface area contributed by atoms with Crippen LogP contribution < -0.4 is 11.1 Å². The number of phenols is 1. The molecule has 0 aromatic heterocycles. The molecule has 0 radical (unpaired) electrons. The van der Waals surface area contributed by atoms with E-state index < -0.39 is 17.3 Å². The summed E-state index contributed by atoms with van der Waals surface area (Å²) >= 11 is 0. The second-order valence-electron chi connectivity index (χ2n) is 4.81. The number of hydrogen-bond donors (Lipinski definition) is 3. The summed E-state index contributed by atoms with van der Waals surface area (Å²) in [7, 11) is 0. The number of amides is 1. The second kappa shape index (κ2) is 5.83. The molecule has 5 heteroatoms. The van der Waals surface area contributed by atoms with Gasteiger partial charge in [0.1, 0.15) is 17.1 Å². The maximum Gasteiger partial charge on any atom is 0.247 e. The summed E-state index contributed by atoms with van der Waals surface area (Å²) in [5.41, 5.74) is 5.49. The van der Waals surface area contributed by atoms with E-state index in [1.165, 1.54) is 24.3 Å². The van der Waals surface area contributed by atoms with Gasteiger partial charge in [0.05, 0.1) is 0 Å². The predicted octanol–water partition coefficient (Wildman–Crippen LogP) is 2.73. The van der Waals surface area contributed by atoms with Crippen molar-refractivity contribution in [3.05, 3.63) is 59.9 Å². The molecule has 0 aliphatic rings. The third-order valence-electron chi connectivity index (χ3n) is 3.49. The number of carbonyl (C=O) groups excluding carboxylic acids is 1. The highest BCUT2D eigenvalue weighted by Gasteiger charge is 2.36. The molecule has 2 aromatic rings. The highest BCUT2D eigenvalue weighted by Crippen LogP contribution is 2.31. The Morgan fingerprint density at radius 2 is 1.95 bits per heavy atom. The number of rotatable bonds is 5. The van der Waals surface area contributed by atoms with Crippen LogP contribution in [0.2, 0.25) is 0 Å². The van der Waals surface area contributed by atoms with E-state index in [4.69, 9.17) is 5.73 Å². The van der Waals surface area contributed by atoms with Gasteiger partial charge >= 0.3 is 0 Å². The summed E-state index contributed by atoms with van der Waals surface area (Å²) in [6.45, 7) is 1.81. The van der Waals surface area contributed by atoms with Crippen LogP contribution >= 0.6 is 0 Å². The van der Waals surface area contributed by atoms with E-state index in [-0.39, 0.29) is 5.75 Å². The first-order valence-corrected chi connectivity index (χ1v) is 6.61. The third-order valence-corrected chi connectivity index (χ3v) is 3.49. The number of phenolic OH excluding ortho intramolecular Hbond substituents is 1. The molecule has 0 spiro atoms. The highest BCUT2D eigenvalue weighted by molar-refractivity contribution is 5.89. The summed E-state index contributed by atoms with van der Waals surface area (Å²) in [4.78, 5) is 12.0. The van der Waals surface area contributed by atoms with E-state index in [0.29, 0.717) is 17.7 Å². The molecule has 1 unspecified atom stereocenters. The average Bonchev–Trinajstić information content (AvgIpc) is 2.45. The highest BCUT2D eigenvalue weighted by atomic mass is 19.1. The lowest BCUT2D eigenvalue weighted by Gasteiger charge is -2.32. The molecule has 2 rings (SSSR count). The molecule has 1 amide bonds. The predicted molar refractivity (Wildman–Crippen MR) is 79.3 cm³/mol. The number of nitrogens with two attached hydrogens (primary N) is 1. The van der Waals surface area contributed by atoms with Crippen LogP contribution in [-0.4, -0.2) is 11.0 Å².